The van der Waals surface area contributed by atoms with Crippen LogP contribution in [0.5, 0.6) is 0 Å². The van der Waals surface area contributed by atoms with Gasteiger partial charge in [-0.2, -0.15) is 0 Å². The number of aromatic nitrogens is 2. The summed E-state index contributed by atoms with van der Waals surface area (Å²) in [6, 6.07) is 4.45. The molecule has 4 N–H and O–H groups in total. The van der Waals surface area contributed by atoms with E-state index in [2.05, 4.69) is 20.6 Å². The molecule has 0 bridgehead atoms. The summed E-state index contributed by atoms with van der Waals surface area (Å²) in [6.07, 6.45) is 3.01. The maximum absolute atomic E-state index is 11.8. The lowest BCUT2D eigenvalue weighted by atomic mass is 10.1. The summed E-state index contributed by atoms with van der Waals surface area (Å²) in [5.41, 5.74) is 1.21. The first-order chi connectivity index (χ1) is 10.8. The predicted molar refractivity (Wildman–Crippen MR) is 87.3 cm³/mol. The number of nitrogens with zero attached hydrogens (tertiary/aromatic N) is 2. The number of primary sulfonamides is 1. The maximum atomic E-state index is 11.8. The molecule has 9 heteroatoms. The van der Waals surface area contributed by atoms with Crippen LogP contribution in [0.4, 0.5) is 11.6 Å². The summed E-state index contributed by atoms with van der Waals surface area (Å²) < 4.78 is 23.7. The number of nitrogens with one attached hydrogen (secondary N) is 2. The van der Waals surface area contributed by atoms with Gasteiger partial charge in [0.1, 0.15) is 0 Å². The molecule has 0 aliphatic heterocycles. The van der Waals surface area contributed by atoms with E-state index in [4.69, 9.17) is 5.14 Å². The molecule has 0 aliphatic rings. The van der Waals surface area contributed by atoms with E-state index in [1.165, 1.54) is 25.4 Å². The number of nitrogens with two attached hydrogens (primary N) is 1. The van der Waals surface area contributed by atoms with Gasteiger partial charge in [-0.15, -0.1) is 0 Å². The summed E-state index contributed by atoms with van der Waals surface area (Å²) in [4.78, 5) is 19.2. The number of rotatable bonds is 5. The topological polar surface area (TPSA) is 127 Å². The Bertz CT molecular complexity index is 819. The minimum absolute atomic E-state index is 0.108. The fourth-order valence-electron chi connectivity index (χ4n) is 1.99. The molecule has 2 aromatic rings. The molecular formula is C14H17N5O3S. The summed E-state index contributed by atoms with van der Waals surface area (Å²) in [5, 5.41) is 10.7. The van der Waals surface area contributed by atoms with Crippen molar-refractivity contribution in [2.45, 2.75) is 18.7 Å². The van der Waals surface area contributed by atoms with Crippen molar-refractivity contribution in [2.24, 2.45) is 5.14 Å². The first-order valence-corrected chi connectivity index (χ1v) is 8.36. The number of carbonyl (C=O) groups is 1. The van der Waals surface area contributed by atoms with Gasteiger partial charge in [-0.1, -0.05) is 6.07 Å². The average molecular weight is 335 g/mol. The Morgan fingerprint density at radius 3 is 2.43 bits per heavy atom. The lowest BCUT2D eigenvalue weighted by Gasteiger charge is -2.11. The fraction of sp³-hybridized carbons (Fsp3) is 0.214. The van der Waals surface area contributed by atoms with Crippen LogP contribution in [-0.4, -0.2) is 30.8 Å². The molecule has 2 rings (SSSR count). The lowest BCUT2D eigenvalue weighted by molar-refractivity contribution is -0.114. The Balaban J connectivity index is 2.50. The quantitative estimate of drug-likeness (QED) is 0.753. The largest absolute Gasteiger partial charge is 0.355 e. The van der Waals surface area contributed by atoms with Gasteiger partial charge in [0.05, 0.1) is 4.90 Å². The molecule has 0 atom stereocenters. The number of sulfonamides is 1. The van der Waals surface area contributed by atoms with Crippen LogP contribution < -0.4 is 15.8 Å². The van der Waals surface area contributed by atoms with E-state index in [1.54, 1.807) is 12.1 Å². The molecule has 8 nitrogen and oxygen atoms in total. The third kappa shape index (κ3) is 4.24. The highest BCUT2D eigenvalue weighted by atomic mass is 32.2. The molecule has 0 fully saturated rings. The number of benzene rings is 1. The van der Waals surface area contributed by atoms with Gasteiger partial charge < -0.3 is 10.6 Å². The average Bonchev–Trinajstić information content (AvgIpc) is 2.47. The molecule has 1 heterocycles. The van der Waals surface area contributed by atoms with Crippen molar-refractivity contribution in [3.05, 3.63) is 30.6 Å². The third-order valence-electron chi connectivity index (χ3n) is 2.91. The zero-order valence-corrected chi connectivity index (χ0v) is 13.5. The SMILES string of the molecule is CCNc1ncc(-c2ccc(NC(C)=O)cc2S(N)(=O)=O)cn1. The molecule has 1 amide bonds. The number of anilines is 2. The van der Waals surface area contributed by atoms with Crippen LogP contribution >= 0.6 is 0 Å². The summed E-state index contributed by atoms with van der Waals surface area (Å²) in [6.45, 7) is 3.92. The molecule has 1 aromatic heterocycles. The normalized spacial score (nSPS) is 11.1. The predicted octanol–water partition coefficient (Wildman–Crippen LogP) is 1.18. The van der Waals surface area contributed by atoms with Gasteiger partial charge in [0.2, 0.25) is 21.9 Å². The van der Waals surface area contributed by atoms with Crippen molar-refractivity contribution in [3.63, 3.8) is 0 Å². The van der Waals surface area contributed by atoms with Crippen LogP contribution in [0.1, 0.15) is 13.8 Å². The zero-order valence-electron chi connectivity index (χ0n) is 12.7. The van der Waals surface area contributed by atoms with Gasteiger partial charge in [-0.25, -0.2) is 23.5 Å². The Hall–Kier alpha value is -2.52. The van der Waals surface area contributed by atoms with Crippen molar-refractivity contribution in [2.75, 3.05) is 17.2 Å². The Kier molecular flexibility index (Phi) is 4.92. The highest BCUT2D eigenvalue weighted by molar-refractivity contribution is 7.89. The van der Waals surface area contributed by atoms with Crippen molar-refractivity contribution in [3.8, 4) is 11.1 Å². The van der Waals surface area contributed by atoms with E-state index in [1.807, 2.05) is 6.92 Å². The number of hydrogen-bond acceptors (Lipinski definition) is 6. The second-order valence-corrected chi connectivity index (χ2v) is 6.29. The Labute approximate surface area is 134 Å². The van der Waals surface area contributed by atoms with E-state index in [-0.39, 0.29) is 10.8 Å². The van der Waals surface area contributed by atoms with Crippen LogP contribution in [0.2, 0.25) is 0 Å². The van der Waals surface area contributed by atoms with Crippen LogP contribution in [0.15, 0.2) is 35.5 Å². The van der Waals surface area contributed by atoms with E-state index >= 15 is 0 Å². The van der Waals surface area contributed by atoms with Crippen LogP contribution in [0.3, 0.4) is 0 Å². The molecule has 1 aromatic carbocycles. The molecule has 0 saturated carbocycles. The first kappa shape index (κ1) is 16.8. The smallest absolute Gasteiger partial charge is 0.238 e. The van der Waals surface area contributed by atoms with Gasteiger partial charge in [-0.3, -0.25) is 4.79 Å². The van der Waals surface area contributed by atoms with E-state index in [9.17, 15) is 13.2 Å². The Morgan fingerprint density at radius 1 is 1.26 bits per heavy atom. The minimum atomic E-state index is -3.98. The standard InChI is InChI=1S/C14H17N5O3S/c1-3-16-14-17-7-10(8-18-14)12-5-4-11(19-9(2)20)6-13(12)23(15,21)22/h4-8H,3H2,1-2H3,(H,19,20)(H2,15,21,22)(H,16,17,18). The van der Waals surface area contributed by atoms with Crippen molar-refractivity contribution >= 4 is 27.6 Å². The molecule has 23 heavy (non-hydrogen) atoms. The van der Waals surface area contributed by atoms with Gasteiger partial charge in [0, 0.05) is 42.7 Å². The second-order valence-electron chi connectivity index (χ2n) is 4.76. The van der Waals surface area contributed by atoms with Gasteiger partial charge in [-0.05, 0) is 19.1 Å². The fourth-order valence-corrected chi connectivity index (χ4v) is 2.78. The monoisotopic (exact) mass is 335 g/mol. The van der Waals surface area contributed by atoms with Gasteiger partial charge in [0.15, 0.2) is 0 Å². The van der Waals surface area contributed by atoms with Crippen molar-refractivity contribution in [1.29, 1.82) is 0 Å². The second kappa shape index (κ2) is 6.71. The minimum Gasteiger partial charge on any atom is -0.355 e. The first-order valence-electron chi connectivity index (χ1n) is 6.82. The van der Waals surface area contributed by atoms with Crippen molar-refractivity contribution in [1.82, 2.24) is 9.97 Å². The zero-order chi connectivity index (χ0) is 17.0. The van der Waals surface area contributed by atoms with Crippen molar-refractivity contribution < 1.29 is 13.2 Å². The third-order valence-corrected chi connectivity index (χ3v) is 3.86. The van der Waals surface area contributed by atoms with Crippen LogP contribution in [-0.2, 0) is 14.8 Å². The molecule has 0 radical (unpaired) electrons. The molecular weight excluding hydrogens is 318 g/mol. The van der Waals surface area contributed by atoms with E-state index in [0.717, 1.165) is 0 Å². The molecule has 0 aliphatic carbocycles. The maximum Gasteiger partial charge on any atom is 0.238 e. The summed E-state index contributed by atoms with van der Waals surface area (Å²) in [5.74, 6) is 0.139. The molecule has 0 saturated heterocycles. The molecule has 0 spiro atoms. The Morgan fingerprint density at radius 2 is 1.91 bits per heavy atom. The lowest BCUT2D eigenvalue weighted by Crippen LogP contribution is -2.15. The number of carbonyl (C=O) groups excluding carboxylic acids is 1. The summed E-state index contributed by atoms with van der Waals surface area (Å²) in [7, 11) is -3.98. The molecule has 0 unspecified atom stereocenters. The number of amides is 1. The summed E-state index contributed by atoms with van der Waals surface area (Å²) >= 11 is 0. The van der Waals surface area contributed by atoms with E-state index < -0.39 is 10.0 Å². The van der Waals surface area contributed by atoms with Crippen LogP contribution in [0, 0.1) is 0 Å². The highest BCUT2D eigenvalue weighted by Gasteiger charge is 2.17. The van der Waals surface area contributed by atoms with Crippen LogP contribution in [0.25, 0.3) is 11.1 Å². The van der Waals surface area contributed by atoms with Gasteiger partial charge in [0.25, 0.3) is 0 Å². The number of hydrogen-bond donors (Lipinski definition) is 3. The molecule has 122 valence electrons. The highest BCUT2D eigenvalue weighted by Crippen LogP contribution is 2.28. The van der Waals surface area contributed by atoms with E-state index in [0.29, 0.717) is 29.3 Å². The van der Waals surface area contributed by atoms with Gasteiger partial charge >= 0.3 is 0 Å².